The zero-order valence-corrected chi connectivity index (χ0v) is 5.36. The van der Waals surface area contributed by atoms with Gasteiger partial charge in [0.2, 0.25) is 0 Å². The van der Waals surface area contributed by atoms with Crippen LogP contribution in [0.4, 0.5) is 4.39 Å². The molecule has 0 aliphatic carbocycles. The molecular weight excluding hydrogens is 103 g/mol. The summed E-state index contributed by atoms with van der Waals surface area (Å²) in [6, 6.07) is 0. The highest BCUT2D eigenvalue weighted by atomic mass is 19.1. The highest BCUT2D eigenvalue weighted by Crippen LogP contribution is 1.93. The number of hydrogen-bond donors (Lipinski definition) is 0. The molecule has 0 aromatic carbocycles. The Hall–Kier alpha value is -0.330. The van der Waals surface area contributed by atoms with Crippen molar-refractivity contribution in [3.63, 3.8) is 0 Å². The maximum Gasteiger partial charge on any atom is 0.108 e. The lowest BCUT2D eigenvalue weighted by Gasteiger charge is -1.84. The highest BCUT2D eigenvalue weighted by Gasteiger charge is 1.75. The van der Waals surface area contributed by atoms with Gasteiger partial charge in [0.1, 0.15) is 6.67 Å². The van der Waals surface area contributed by atoms with Gasteiger partial charge >= 0.3 is 0 Å². The smallest absolute Gasteiger partial charge is 0.108 e. The predicted molar refractivity (Wildman–Crippen MR) is 34.6 cm³/mol. The van der Waals surface area contributed by atoms with E-state index in [1.165, 1.54) is 12.8 Å². The lowest BCUT2D eigenvalue weighted by atomic mass is 10.2. The number of allylic oxidation sites excluding steroid dienone is 2. The molecule has 8 heavy (non-hydrogen) atoms. The van der Waals surface area contributed by atoms with E-state index in [-0.39, 0.29) is 6.67 Å². The number of unbranched alkanes of at least 4 members (excludes halogenated alkanes) is 2. The van der Waals surface area contributed by atoms with E-state index in [1.807, 2.05) is 6.08 Å². The first kappa shape index (κ1) is 7.67. The first-order chi connectivity index (χ1) is 3.91. The summed E-state index contributed by atoms with van der Waals surface area (Å²) in [6.07, 6.45) is 6.85. The van der Waals surface area contributed by atoms with E-state index in [0.717, 1.165) is 6.42 Å². The van der Waals surface area contributed by atoms with Gasteiger partial charge in [0.25, 0.3) is 0 Å². The number of halogens is 1. The molecule has 0 saturated heterocycles. The van der Waals surface area contributed by atoms with Gasteiger partial charge in [0.05, 0.1) is 0 Å². The minimum absolute atomic E-state index is 0.316. The minimum atomic E-state index is -0.316. The van der Waals surface area contributed by atoms with E-state index >= 15 is 0 Å². The van der Waals surface area contributed by atoms with Crippen LogP contribution in [0.15, 0.2) is 12.2 Å². The van der Waals surface area contributed by atoms with Crippen LogP contribution in [0.1, 0.15) is 26.2 Å². The summed E-state index contributed by atoms with van der Waals surface area (Å²) in [5.74, 6) is 0. The maximum atomic E-state index is 11.3. The Bertz CT molecular complexity index is 57.4. The number of alkyl halides is 1. The van der Waals surface area contributed by atoms with Crippen LogP contribution in [0, 0.1) is 0 Å². The molecule has 0 heterocycles. The van der Waals surface area contributed by atoms with Gasteiger partial charge in [-0.25, -0.2) is 4.39 Å². The molecule has 0 nitrogen and oxygen atoms in total. The van der Waals surface area contributed by atoms with E-state index in [4.69, 9.17) is 0 Å². The largest absolute Gasteiger partial charge is 0.247 e. The van der Waals surface area contributed by atoms with E-state index in [0.29, 0.717) is 0 Å². The van der Waals surface area contributed by atoms with E-state index in [2.05, 4.69) is 6.92 Å². The van der Waals surface area contributed by atoms with Crippen LogP contribution in [-0.4, -0.2) is 6.67 Å². The average Bonchev–Trinajstić information content (AvgIpc) is 1.81. The van der Waals surface area contributed by atoms with Crippen molar-refractivity contribution in [1.82, 2.24) is 0 Å². The molecular formula is C7H13F. The Kier molecular flexibility index (Phi) is 6.39. The summed E-state index contributed by atoms with van der Waals surface area (Å²) in [5, 5.41) is 0. The van der Waals surface area contributed by atoms with Crippen molar-refractivity contribution in [3.05, 3.63) is 12.2 Å². The highest BCUT2D eigenvalue weighted by molar-refractivity contribution is 4.80. The molecule has 0 bridgehead atoms. The SMILES string of the molecule is CCCCC=CCF. The molecule has 0 aromatic heterocycles. The predicted octanol–water partition coefficient (Wildman–Crippen LogP) is 2.70. The molecule has 0 saturated carbocycles. The first-order valence-electron chi connectivity index (χ1n) is 3.12. The van der Waals surface area contributed by atoms with Crippen LogP contribution in [0.5, 0.6) is 0 Å². The second-order valence-corrected chi connectivity index (χ2v) is 1.77. The van der Waals surface area contributed by atoms with Crippen LogP contribution < -0.4 is 0 Å². The van der Waals surface area contributed by atoms with E-state index in [1.54, 1.807) is 6.08 Å². The summed E-state index contributed by atoms with van der Waals surface area (Å²) in [7, 11) is 0. The van der Waals surface area contributed by atoms with Crippen LogP contribution >= 0.6 is 0 Å². The fraction of sp³-hybridized carbons (Fsp3) is 0.714. The quantitative estimate of drug-likeness (QED) is 0.391. The Labute approximate surface area is 50.4 Å². The summed E-state index contributed by atoms with van der Waals surface area (Å²) in [4.78, 5) is 0. The third-order valence-corrected chi connectivity index (χ3v) is 0.980. The normalized spacial score (nSPS) is 10.8. The van der Waals surface area contributed by atoms with Gasteiger partial charge in [-0.1, -0.05) is 31.9 Å². The molecule has 0 aliphatic rings. The summed E-state index contributed by atoms with van der Waals surface area (Å²) in [6.45, 7) is 1.81. The van der Waals surface area contributed by atoms with Crippen LogP contribution in [-0.2, 0) is 0 Å². The van der Waals surface area contributed by atoms with E-state index < -0.39 is 0 Å². The summed E-state index contributed by atoms with van der Waals surface area (Å²) < 4.78 is 11.3. The number of hydrogen-bond acceptors (Lipinski definition) is 0. The van der Waals surface area contributed by atoms with Gasteiger partial charge in [0.15, 0.2) is 0 Å². The van der Waals surface area contributed by atoms with Crippen molar-refractivity contribution in [2.24, 2.45) is 0 Å². The van der Waals surface area contributed by atoms with Crippen LogP contribution in [0.2, 0.25) is 0 Å². The molecule has 0 atom stereocenters. The van der Waals surface area contributed by atoms with Gasteiger partial charge in [-0.15, -0.1) is 0 Å². The fourth-order valence-corrected chi connectivity index (χ4v) is 0.503. The molecule has 0 aromatic rings. The Morgan fingerprint density at radius 2 is 2.12 bits per heavy atom. The van der Waals surface area contributed by atoms with Gasteiger partial charge < -0.3 is 0 Å². The zero-order chi connectivity index (χ0) is 6.24. The molecule has 0 fully saturated rings. The number of rotatable bonds is 4. The average molecular weight is 116 g/mol. The second-order valence-electron chi connectivity index (χ2n) is 1.77. The van der Waals surface area contributed by atoms with Gasteiger partial charge in [0, 0.05) is 0 Å². The van der Waals surface area contributed by atoms with Crippen molar-refractivity contribution in [2.45, 2.75) is 26.2 Å². The molecule has 0 unspecified atom stereocenters. The maximum absolute atomic E-state index is 11.3. The van der Waals surface area contributed by atoms with Crippen LogP contribution in [0.3, 0.4) is 0 Å². The molecule has 1 heteroatoms. The topological polar surface area (TPSA) is 0 Å². The molecule has 48 valence electrons. The van der Waals surface area contributed by atoms with Gasteiger partial charge in [-0.05, 0) is 6.42 Å². The Morgan fingerprint density at radius 3 is 2.62 bits per heavy atom. The van der Waals surface area contributed by atoms with Gasteiger partial charge in [-0.2, -0.15) is 0 Å². The van der Waals surface area contributed by atoms with Crippen molar-refractivity contribution >= 4 is 0 Å². The van der Waals surface area contributed by atoms with Gasteiger partial charge in [-0.3, -0.25) is 0 Å². The third kappa shape index (κ3) is 5.67. The molecule has 0 radical (unpaired) electrons. The van der Waals surface area contributed by atoms with Crippen molar-refractivity contribution < 1.29 is 4.39 Å². The van der Waals surface area contributed by atoms with E-state index in [9.17, 15) is 4.39 Å². The molecule has 0 aliphatic heterocycles. The molecule has 0 spiro atoms. The third-order valence-electron chi connectivity index (χ3n) is 0.980. The lowest BCUT2D eigenvalue weighted by Crippen LogP contribution is -1.67. The Balaban J connectivity index is 2.80. The monoisotopic (exact) mass is 116 g/mol. The standard InChI is InChI=1S/C7H13F/c1-2-3-4-5-6-7-8/h5-6H,2-4,7H2,1H3. The summed E-state index contributed by atoms with van der Waals surface area (Å²) in [5.41, 5.74) is 0. The molecule has 0 rings (SSSR count). The van der Waals surface area contributed by atoms with Crippen molar-refractivity contribution in [2.75, 3.05) is 6.67 Å². The molecule has 0 amide bonds. The van der Waals surface area contributed by atoms with Crippen LogP contribution in [0.25, 0.3) is 0 Å². The molecule has 0 N–H and O–H groups in total. The minimum Gasteiger partial charge on any atom is -0.247 e. The van der Waals surface area contributed by atoms with Crippen molar-refractivity contribution in [1.29, 1.82) is 0 Å². The second kappa shape index (κ2) is 6.67. The first-order valence-corrected chi connectivity index (χ1v) is 3.12. The Morgan fingerprint density at radius 1 is 1.38 bits per heavy atom. The lowest BCUT2D eigenvalue weighted by molar-refractivity contribution is 0.560. The zero-order valence-electron chi connectivity index (χ0n) is 5.36. The van der Waals surface area contributed by atoms with Crippen molar-refractivity contribution in [3.8, 4) is 0 Å². The fourth-order valence-electron chi connectivity index (χ4n) is 0.503. The summed E-state index contributed by atoms with van der Waals surface area (Å²) >= 11 is 0.